The number of aromatic nitrogens is 1. The molecule has 0 N–H and O–H groups in total. The summed E-state index contributed by atoms with van der Waals surface area (Å²) in [6.45, 7) is 3.12. The molecule has 1 saturated heterocycles. The lowest BCUT2D eigenvalue weighted by atomic mass is 10.3. The lowest BCUT2D eigenvalue weighted by Crippen LogP contribution is -2.44. The monoisotopic (exact) mass is 245 g/mol. The SMILES string of the molecule is CN1CCN(c2cccc(C(F)(F)F)n2)CC1. The summed E-state index contributed by atoms with van der Waals surface area (Å²) in [7, 11) is 2.00. The maximum Gasteiger partial charge on any atom is 0.433 e. The molecule has 0 bridgehead atoms. The molecule has 0 radical (unpaired) electrons. The number of pyridine rings is 1. The Morgan fingerprint density at radius 1 is 1.12 bits per heavy atom. The van der Waals surface area contributed by atoms with Gasteiger partial charge in [-0.25, -0.2) is 4.98 Å². The average molecular weight is 245 g/mol. The predicted molar refractivity (Wildman–Crippen MR) is 58.9 cm³/mol. The van der Waals surface area contributed by atoms with Gasteiger partial charge in [-0.1, -0.05) is 6.07 Å². The molecule has 0 aromatic carbocycles. The third kappa shape index (κ3) is 2.88. The molecule has 1 aromatic heterocycles. The number of piperazine rings is 1. The molecule has 0 amide bonds. The highest BCUT2D eigenvalue weighted by molar-refractivity contribution is 5.40. The number of halogens is 3. The fourth-order valence-electron chi connectivity index (χ4n) is 1.79. The van der Waals surface area contributed by atoms with Crippen molar-refractivity contribution in [1.29, 1.82) is 0 Å². The van der Waals surface area contributed by atoms with Crippen molar-refractivity contribution in [3.05, 3.63) is 23.9 Å². The Balaban J connectivity index is 2.16. The average Bonchev–Trinajstić information content (AvgIpc) is 2.29. The van der Waals surface area contributed by atoms with Crippen molar-refractivity contribution >= 4 is 5.82 Å². The van der Waals surface area contributed by atoms with Crippen LogP contribution in [0.3, 0.4) is 0 Å². The van der Waals surface area contributed by atoms with Crippen molar-refractivity contribution in [2.45, 2.75) is 6.18 Å². The highest BCUT2D eigenvalue weighted by atomic mass is 19.4. The molecule has 1 aliphatic heterocycles. The molecule has 0 unspecified atom stereocenters. The van der Waals surface area contributed by atoms with E-state index >= 15 is 0 Å². The normalized spacial score (nSPS) is 18.5. The lowest BCUT2D eigenvalue weighted by molar-refractivity contribution is -0.141. The Morgan fingerprint density at radius 2 is 1.76 bits per heavy atom. The van der Waals surface area contributed by atoms with Crippen molar-refractivity contribution in [1.82, 2.24) is 9.88 Å². The summed E-state index contributed by atoms with van der Waals surface area (Å²) in [5.41, 5.74) is -0.825. The number of nitrogens with zero attached hydrogens (tertiary/aromatic N) is 3. The van der Waals surface area contributed by atoms with E-state index in [1.54, 1.807) is 6.07 Å². The summed E-state index contributed by atoms with van der Waals surface area (Å²) in [6, 6.07) is 4.03. The highest BCUT2D eigenvalue weighted by Gasteiger charge is 2.33. The maximum atomic E-state index is 12.5. The smallest absolute Gasteiger partial charge is 0.354 e. The quantitative estimate of drug-likeness (QED) is 0.752. The van der Waals surface area contributed by atoms with Gasteiger partial charge < -0.3 is 9.80 Å². The first-order chi connectivity index (χ1) is 7.97. The first kappa shape index (κ1) is 12.2. The molecule has 0 saturated carbocycles. The van der Waals surface area contributed by atoms with E-state index < -0.39 is 11.9 Å². The Kier molecular flexibility index (Phi) is 3.24. The number of anilines is 1. The summed E-state index contributed by atoms with van der Waals surface area (Å²) < 4.78 is 37.5. The van der Waals surface area contributed by atoms with Gasteiger partial charge in [0.05, 0.1) is 0 Å². The van der Waals surface area contributed by atoms with Crippen LogP contribution in [0.25, 0.3) is 0 Å². The van der Waals surface area contributed by atoms with Crippen LogP contribution in [0, 0.1) is 0 Å². The van der Waals surface area contributed by atoms with Crippen molar-refractivity contribution in [3.8, 4) is 0 Å². The van der Waals surface area contributed by atoms with Crippen LogP contribution >= 0.6 is 0 Å². The molecule has 1 fully saturated rings. The molecular weight excluding hydrogens is 231 g/mol. The first-order valence-electron chi connectivity index (χ1n) is 5.44. The van der Waals surface area contributed by atoms with E-state index in [-0.39, 0.29) is 0 Å². The van der Waals surface area contributed by atoms with Gasteiger partial charge >= 0.3 is 6.18 Å². The van der Waals surface area contributed by atoms with E-state index in [4.69, 9.17) is 0 Å². The van der Waals surface area contributed by atoms with Crippen molar-refractivity contribution in [2.24, 2.45) is 0 Å². The molecule has 0 spiro atoms. The van der Waals surface area contributed by atoms with E-state index in [0.29, 0.717) is 18.9 Å². The van der Waals surface area contributed by atoms with Gasteiger partial charge in [-0.15, -0.1) is 0 Å². The number of rotatable bonds is 1. The summed E-state index contributed by atoms with van der Waals surface area (Å²) in [5, 5.41) is 0. The van der Waals surface area contributed by atoms with Crippen LogP contribution in [-0.4, -0.2) is 43.1 Å². The zero-order valence-electron chi connectivity index (χ0n) is 9.54. The van der Waals surface area contributed by atoms with Crippen LogP contribution in [0.4, 0.5) is 19.0 Å². The summed E-state index contributed by atoms with van der Waals surface area (Å²) >= 11 is 0. The number of likely N-dealkylation sites (N-methyl/N-ethyl adjacent to an activating group) is 1. The zero-order valence-corrected chi connectivity index (χ0v) is 9.54. The maximum absolute atomic E-state index is 12.5. The van der Waals surface area contributed by atoms with E-state index in [0.717, 1.165) is 19.2 Å². The molecule has 94 valence electrons. The van der Waals surface area contributed by atoms with Crippen LogP contribution in [0.15, 0.2) is 18.2 Å². The number of alkyl halides is 3. The molecule has 3 nitrogen and oxygen atoms in total. The van der Waals surface area contributed by atoms with Crippen LogP contribution in [-0.2, 0) is 6.18 Å². The lowest BCUT2D eigenvalue weighted by Gasteiger charge is -2.33. The Labute approximate surface area is 97.9 Å². The van der Waals surface area contributed by atoms with E-state index in [1.807, 2.05) is 11.9 Å². The van der Waals surface area contributed by atoms with Gasteiger partial charge in [0.2, 0.25) is 0 Å². The minimum atomic E-state index is -4.37. The fourth-order valence-corrected chi connectivity index (χ4v) is 1.79. The topological polar surface area (TPSA) is 19.4 Å². The molecule has 2 rings (SSSR count). The fraction of sp³-hybridized carbons (Fsp3) is 0.545. The van der Waals surface area contributed by atoms with Gasteiger partial charge in [-0.05, 0) is 19.2 Å². The summed E-state index contributed by atoms with van der Waals surface area (Å²) in [4.78, 5) is 7.70. The first-order valence-corrected chi connectivity index (χ1v) is 5.44. The molecule has 17 heavy (non-hydrogen) atoms. The van der Waals surface area contributed by atoms with Crippen molar-refractivity contribution < 1.29 is 13.2 Å². The van der Waals surface area contributed by atoms with E-state index in [1.165, 1.54) is 6.07 Å². The third-order valence-electron chi connectivity index (χ3n) is 2.85. The molecular formula is C11H14F3N3. The second-order valence-electron chi connectivity index (χ2n) is 4.17. The standard InChI is InChI=1S/C11H14F3N3/c1-16-5-7-17(8-6-16)10-4-2-3-9(15-10)11(12,13)14/h2-4H,5-8H2,1H3. The summed E-state index contributed by atoms with van der Waals surface area (Å²) in [6.07, 6.45) is -4.37. The van der Waals surface area contributed by atoms with Crippen molar-refractivity contribution in [2.75, 3.05) is 38.1 Å². The minimum absolute atomic E-state index is 0.410. The zero-order chi connectivity index (χ0) is 12.5. The number of hydrogen-bond donors (Lipinski definition) is 0. The minimum Gasteiger partial charge on any atom is -0.354 e. The Hall–Kier alpha value is -1.30. The van der Waals surface area contributed by atoms with Crippen LogP contribution in [0.5, 0.6) is 0 Å². The molecule has 1 aliphatic rings. The van der Waals surface area contributed by atoms with Gasteiger partial charge in [0.15, 0.2) is 0 Å². The van der Waals surface area contributed by atoms with Crippen LogP contribution in [0.1, 0.15) is 5.69 Å². The van der Waals surface area contributed by atoms with Crippen LogP contribution in [0.2, 0.25) is 0 Å². The second-order valence-corrected chi connectivity index (χ2v) is 4.17. The number of hydrogen-bond acceptors (Lipinski definition) is 3. The second kappa shape index (κ2) is 4.52. The molecule has 0 atom stereocenters. The van der Waals surface area contributed by atoms with Gasteiger partial charge in [0.1, 0.15) is 11.5 Å². The summed E-state index contributed by atoms with van der Waals surface area (Å²) in [5.74, 6) is 0.410. The molecule has 6 heteroatoms. The predicted octanol–water partition coefficient (Wildman–Crippen LogP) is 1.85. The third-order valence-corrected chi connectivity index (χ3v) is 2.85. The van der Waals surface area contributed by atoms with Gasteiger partial charge in [0, 0.05) is 26.2 Å². The van der Waals surface area contributed by atoms with Crippen LogP contribution < -0.4 is 4.90 Å². The van der Waals surface area contributed by atoms with Crippen molar-refractivity contribution in [3.63, 3.8) is 0 Å². The highest BCUT2D eigenvalue weighted by Crippen LogP contribution is 2.28. The van der Waals surface area contributed by atoms with E-state index in [2.05, 4.69) is 9.88 Å². The van der Waals surface area contributed by atoms with Gasteiger partial charge in [0.25, 0.3) is 0 Å². The van der Waals surface area contributed by atoms with Gasteiger partial charge in [-0.3, -0.25) is 0 Å². The van der Waals surface area contributed by atoms with Gasteiger partial charge in [-0.2, -0.15) is 13.2 Å². The molecule has 2 heterocycles. The largest absolute Gasteiger partial charge is 0.433 e. The Morgan fingerprint density at radius 3 is 2.35 bits per heavy atom. The molecule has 0 aliphatic carbocycles. The Bertz CT molecular complexity index is 384. The van der Waals surface area contributed by atoms with E-state index in [9.17, 15) is 13.2 Å². The molecule has 1 aromatic rings.